The van der Waals surface area contributed by atoms with E-state index in [1.807, 2.05) is 0 Å². The van der Waals surface area contributed by atoms with E-state index in [1.54, 1.807) is 22.3 Å². The molecule has 104 valence electrons. The fourth-order valence-electron chi connectivity index (χ4n) is 4.53. The van der Waals surface area contributed by atoms with Crippen molar-refractivity contribution in [3.63, 3.8) is 0 Å². The molecule has 0 heterocycles. The zero-order chi connectivity index (χ0) is 14.0. The summed E-state index contributed by atoms with van der Waals surface area (Å²) < 4.78 is 0. The number of rotatable bonds is 0. The minimum atomic E-state index is 0.311. The van der Waals surface area contributed by atoms with Crippen LogP contribution in [0.5, 0.6) is 0 Å². The van der Waals surface area contributed by atoms with Crippen molar-refractivity contribution in [3.05, 3.63) is 34.4 Å². The quantitative estimate of drug-likeness (QED) is 0.588. The van der Waals surface area contributed by atoms with E-state index >= 15 is 0 Å². The Morgan fingerprint density at radius 1 is 0.947 bits per heavy atom. The van der Waals surface area contributed by atoms with Crippen molar-refractivity contribution >= 4 is 0 Å². The van der Waals surface area contributed by atoms with E-state index in [4.69, 9.17) is 0 Å². The monoisotopic (exact) mass is 256 g/mol. The Kier molecular flexibility index (Phi) is 2.69. The van der Waals surface area contributed by atoms with E-state index in [9.17, 15) is 0 Å². The molecule has 1 aromatic carbocycles. The molecule has 0 N–H and O–H groups in total. The van der Waals surface area contributed by atoms with Crippen LogP contribution in [0.15, 0.2) is 12.1 Å². The van der Waals surface area contributed by atoms with Gasteiger partial charge in [0, 0.05) is 0 Å². The van der Waals surface area contributed by atoms with Gasteiger partial charge >= 0.3 is 0 Å². The second-order valence-electron chi connectivity index (χ2n) is 8.05. The van der Waals surface area contributed by atoms with Crippen LogP contribution >= 0.6 is 0 Å². The lowest BCUT2D eigenvalue weighted by atomic mass is 9.71. The van der Waals surface area contributed by atoms with Gasteiger partial charge in [-0.15, -0.1) is 0 Å². The molecule has 2 unspecified atom stereocenters. The first-order valence-corrected chi connectivity index (χ1v) is 7.94. The predicted molar refractivity (Wildman–Crippen MR) is 83.0 cm³/mol. The minimum absolute atomic E-state index is 0.311. The van der Waals surface area contributed by atoms with Gasteiger partial charge in [-0.25, -0.2) is 0 Å². The molecule has 2 atom stereocenters. The first-order chi connectivity index (χ1) is 8.76. The Hall–Kier alpha value is -0.780. The molecule has 0 spiro atoms. The average Bonchev–Trinajstić information content (AvgIpc) is 2.48. The fourth-order valence-corrected chi connectivity index (χ4v) is 4.53. The molecule has 0 saturated heterocycles. The zero-order valence-corrected chi connectivity index (χ0v) is 13.4. The third-order valence-corrected chi connectivity index (χ3v) is 6.45. The molecule has 0 bridgehead atoms. The second-order valence-corrected chi connectivity index (χ2v) is 8.05. The average molecular weight is 256 g/mol. The molecule has 0 nitrogen and oxygen atoms in total. The number of fused-ring (bicyclic) bond motifs is 2. The van der Waals surface area contributed by atoms with E-state index < -0.39 is 0 Å². The van der Waals surface area contributed by atoms with E-state index in [2.05, 4.69) is 53.7 Å². The van der Waals surface area contributed by atoms with Crippen molar-refractivity contribution < 1.29 is 0 Å². The second kappa shape index (κ2) is 3.87. The summed E-state index contributed by atoms with van der Waals surface area (Å²) in [6, 6.07) is 5.13. The van der Waals surface area contributed by atoms with E-state index in [0.29, 0.717) is 16.7 Å². The molecule has 0 fully saturated rings. The van der Waals surface area contributed by atoms with Crippen LogP contribution in [-0.4, -0.2) is 0 Å². The van der Waals surface area contributed by atoms with Crippen molar-refractivity contribution in [1.29, 1.82) is 0 Å². The van der Waals surface area contributed by atoms with Gasteiger partial charge in [0.1, 0.15) is 0 Å². The summed E-state index contributed by atoms with van der Waals surface area (Å²) in [5.41, 5.74) is 7.15. The third kappa shape index (κ3) is 1.65. The molecule has 0 amide bonds. The van der Waals surface area contributed by atoms with Crippen molar-refractivity contribution in [1.82, 2.24) is 0 Å². The van der Waals surface area contributed by atoms with Crippen molar-refractivity contribution in [2.24, 2.45) is 5.92 Å². The Balaban J connectivity index is 2.25. The Morgan fingerprint density at radius 2 is 1.53 bits per heavy atom. The van der Waals surface area contributed by atoms with E-state index in [-0.39, 0.29) is 0 Å². The van der Waals surface area contributed by atoms with Gasteiger partial charge in [-0.05, 0) is 64.2 Å². The SMILES string of the molecule is CC1CCCc2cc3c(cc21)C(C)(C)C(C)C3(C)C. The number of aryl methyl sites for hydroxylation is 1. The fraction of sp³-hybridized carbons (Fsp3) is 0.684. The number of hydrogen-bond donors (Lipinski definition) is 0. The molecule has 0 aromatic heterocycles. The molecule has 19 heavy (non-hydrogen) atoms. The van der Waals surface area contributed by atoms with Crippen LogP contribution < -0.4 is 0 Å². The van der Waals surface area contributed by atoms with Gasteiger partial charge in [-0.3, -0.25) is 0 Å². The molecule has 0 heteroatoms. The molecular formula is C19H28. The maximum absolute atomic E-state index is 2.57. The van der Waals surface area contributed by atoms with Crippen LogP contribution in [0.2, 0.25) is 0 Å². The van der Waals surface area contributed by atoms with Crippen LogP contribution in [0.4, 0.5) is 0 Å². The van der Waals surface area contributed by atoms with Crippen LogP contribution in [0.25, 0.3) is 0 Å². The van der Waals surface area contributed by atoms with Gasteiger partial charge in [0.05, 0.1) is 0 Å². The summed E-state index contributed by atoms with van der Waals surface area (Å²) in [5, 5.41) is 0. The van der Waals surface area contributed by atoms with Gasteiger partial charge < -0.3 is 0 Å². The molecule has 2 aliphatic rings. The Morgan fingerprint density at radius 3 is 2.16 bits per heavy atom. The van der Waals surface area contributed by atoms with Crippen LogP contribution in [0, 0.1) is 5.92 Å². The number of benzene rings is 1. The third-order valence-electron chi connectivity index (χ3n) is 6.45. The summed E-state index contributed by atoms with van der Waals surface area (Å²) in [6.45, 7) is 14.6. The molecule has 0 aliphatic heterocycles. The van der Waals surface area contributed by atoms with Crippen molar-refractivity contribution in [2.45, 2.75) is 77.6 Å². The zero-order valence-electron chi connectivity index (χ0n) is 13.4. The van der Waals surface area contributed by atoms with Crippen molar-refractivity contribution in [3.8, 4) is 0 Å². The van der Waals surface area contributed by atoms with Crippen LogP contribution in [-0.2, 0) is 17.3 Å². The summed E-state index contributed by atoms with van der Waals surface area (Å²) >= 11 is 0. The summed E-state index contributed by atoms with van der Waals surface area (Å²) in [7, 11) is 0. The summed E-state index contributed by atoms with van der Waals surface area (Å²) in [5.74, 6) is 1.46. The maximum Gasteiger partial charge on any atom is -0.00666 e. The van der Waals surface area contributed by atoms with Gasteiger partial charge in [-0.2, -0.15) is 0 Å². The summed E-state index contributed by atoms with van der Waals surface area (Å²) in [6.07, 6.45) is 4.02. The van der Waals surface area contributed by atoms with Gasteiger partial charge in [-0.1, -0.05) is 53.7 Å². The lowest BCUT2D eigenvalue weighted by molar-refractivity contribution is 0.264. The lowest BCUT2D eigenvalue weighted by Crippen LogP contribution is -2.30. The molecule has 2 aliphatic carbocycles. The normalized spacial score (nSPS) is 30.8. The van der Waals surface area contributed by atoms with Crippen LogP contribution in [0.3, 0.4) is 0 Å². The molecule has 3 rings (SSSR count). The Bertz CT molecular complexity index is 519. The highest BCUT2D eigenvalue weighted by Crippen LogP contribution is 2.54. The first kappa shape index (κ1) is 13.2. The minimum Gasteiger partial charge on any atom is -0.0608 e. The maximum atomic E-state index is 2.57. The first-order valence-electron chi connectivity index (χ1n) is 7.94. The summed E-state index contributed by atoms with van der Waals surface area (Å²) in [4.78, 5) is 0. The molecular weight excluding hydrogens is 228 g/mol. The lowest BCUT2D eigenvalue weighted by Gasteiger charge is -2.32. The predicted octanol–water partition coefficient (Wildman–Crippen LogP) is 5.33. The van der Waals surface area contributed by atoms with Crippen molar-refractivity contribution in [2.75, 3.05) is 0 Å². The van der Waals surface area contributed by atoms with Crippen LogP contribution in [0.1, 0.15) is 82.6 Å². The Labute approximate surface area is 118 Å². The molecule has 1 aromatic rings. The van der Waals surface area contributed by atoms with Gasteiger partial charge in [0.15, 0.2) is 0 Å². The van der Waals surface area contributed by atoms with Gasteiger partial charge in [0.25, 0.3) is 0 Å². The molecule has 0 saturated carbocycles. The highest BCUT2D eigenvalue weighted by molar-refractivity contribution is 5.52. The highest BCUT2D eigenvalue weighted by atomic mass is 14.5. The standard InChI is InChI=1S/C19H28/c1-12-8-7-9-14-10-16-17(11-15(12)14)19(5,6)13(2)18(16,3)4/h10-13H,7-9H2,1-6H3. The smallest absolute Gasteiger partial charge is 0.00666 e. The highest BCUT2D eigenvalue weighted by Gasteiger charge is 2.48. The number of hydrogen-bond acceptors (Lipinski definition) is 0. The van der Waals surface area contributed by atoms with Gasteiger partial charge in [0.2, 0.25) is 0 Å². The molecule has 0 radical (unpaired) electrons. The van der Waals surface area contributed by atoms with E-state index in [0.717, 1.165) is 5.92 Å². The largest absolute Gasteiger partial charge is 0.0608 e. The van der Waals surface area contributed by atoms with E-state index in [1.165, 1.54) is 19.3 Å². The topological polar surface area (TPSA) is 0 Å².